The van der Waals surface area contributed by atoms with Gasteiger partial charge in [-0.05, 0) is 40.7 Å². The molecule has 4 heteroatoms. The van der Waals surface area contributed by atoms with Gasteiger partial charge < -0.3 is 4.74 Å². The first-order valence-electron chi connectivity index (χ1n) is 6.77. The Morgan fingerprint density at radius 3 is 2.32 bits per heavy atom. The third-order valence-electron chi connectivity index (χ3n) is 3.07. The van der Waals surface area contributed by atoms with E-state index >= 15 is 0 Å². The SMILES string of the molecule is CC(=O)c1ccc(OCCN(C(C)C)C(C)C)nc1. The molecule has 0 N–H and O–H groups in total. The highest BCUT2D eigenvalue weighted by atomic mass is 16.5. The molecule has 1 rings (SSSR count). The van der Waals surface area contributed by atoms with E-state index in [0.717, 1.165) is 6.54 Å². The lowest BCUT2D eigenvalue weighted by Crippen LogP contribution is -2.39. The zero-order valence-electron chi connectivity index (χ0n) is 12.5. The van der Waals surface area contributed by atoms with Crippen molar-refractivity contribution in [3.05, 3.63) is 23.9 Å². The molecule has 0 aromatic carbocycles. The van der Waals surface area contributed by atoms with E-state index in [1.165, 1.54) is 6.92 Å². The predicted molar refractivity (Wildman–Crippen MR) is 76.7 cm³/mol. The van der Waals surface area contributed by atoms with Crippen molar-refractivity contribution in [1.82, 2.24) is 9.88 Å². The first-order chi connectivity index (χ1) is 8.91. The Labute approximate surface area is 115 Å². The van der Waals surface area contributed by atoms with Gasteiger partial charge in [-0.1, -0.05) is 0 Å². The van der Waals surface area contributed by atoms with Gasteiger partial charge in [0.2, 0.25) is 5.88 Å². The third-order valence-corrected chi connectivity index (χ3v) is 3.07. The van der Waals surface area contributed by atoms with Crippen LogP contribution in [0.3, 0.4) is 0 Å². The summed E-state index contributed by atoms with van der Waals surface area (Å²) in [6, 6.07) is 4.48. The first kappa shape index (κ1) is 15.6. The summed E-state index contributed by atoms with van der Waals surface area (Å²) in [5.41, 5.74) is 0.610. The molecular weight excluding hydrogens is 240 g/mol. The molecule has 0 saturated heterocycles. The monoisotopic (exact) mass is 264 g/mol. The first-order valence-corrected chi connectivity index (χ1v) is 6.77. The Kier molecular flexibility index (Phi) is 5.96. The van der Waals surface area contributed by atoms with Crippen molar-refractivity contribution >= 4 is 5.78 Å². The number of carbonyl (C=O) groups is 1. The maximum Gasteiger partial charge on any atom is 0.213 e. The van der Waals surface area contributed by atoms with Crippen LogP contribution < -0.4 is 4.74 Å². The van der Waals surface area contributed by atoms with E-state index in [1.807, 2.05) is 0 Å². The van der Waals surface area contributed by atoms with E-state index in [4.69, 9.17) is 4.74 Å². The van der Waals surface area contributed by atoms with Crippen molar-refractivity contribution < 1.29 is 9.53 Å². The molecule has 0 bridgehead atoms. The number of hydrogen-bond acceptors (Lipinski definition) is 4. The molecule has 0 unspecified atom stereocenters. The van der Waals surface area contributed by atoms with E-state index < -0.39 is 0 Å². The second-order valence-electron chi connectivity index (χ2n) is 5.22. The highest BCUT2D eigenvalue weighted by Crippen LogP contribution is 2.09. The molecule has 0 radical (unpaired) electrons. The van der Waals surface area contributed by atoms with E-state index in [-0.39, 0.29) is 5.78 Å². The van der Waals surface area contributed by atoms with Gasteiger partial charge >= 0.3 is 0 Å². The number of pyridine rings is 1. The van der Waals surface area contributed by atoms with Crippen LogP contribution in [0, 0.1) is 0 Å². The number of ether oxygens (including phenoxy) is 1. The minimum absolute atomic E-state index is 0.0184. The van der Waals surface area contributed by atoms with E-state index in [1.54, 1.807) is 18.3 Å². The number of Topliss-reactive ketones (excluding diaryl/α,β-unsaturated/α-hetero) is 1. The van der Waals surface area contributed by atoms with Crippen LogP contribution in [-0.4, -0.2) is 40.9 Å². The van der Waals surface area contributed by atoms with Gasteiger partial charge in [0.15, 0.2) is 5.78 Å². The molecule has 1 aromatic rings. The lowest BCUT2D eigenvalue weighted by Gasteiger charge is -2.30. The Morgan fingerprint density at radius 2 is 1.89 bits per heavy atom. The summed E-state index contributed by atoms with van der Waals surface area (Å²) in [4.78, 5) is 17.6. The minimum Gasteiger partial charge on any atom is -0.476 e. The summed E-state index contributed by atoms with van der Waals surface area (Å²) in [6.45, 7) is 11.7. The standard InChI is InChI=1S/C15H24N2O2/c1-11(2)17(12(3)4)8-9-19-15-7-6-14(10-16-15)13(5)18/h6-7,10-12H,8-9H2,1-5H3. The van der Waals surface area contributed by atoms with Crippen LogP contribution in [0.4, 0.5) is 0 Å². The number of rotatable bonds is 7. The lowest BCUT2D eigenvalue weighted by molar-refractivity contribution is 0.101. The average Bonchev–Trinajstić information content (AvgIpc) is 2.34. The van der Waals surface area contributed by atoms with Gasteiger partial charge in [0.1, 0.15) is 6.61 Å². The Morgan fingerprint density at radius 1 is 1.26 bits per heavy atom. The van der Waals surface area contributed by atoms with Gasteiger partial charge in [-0.15, -0.1) is 0 Å². The molecule has 0 saturated carbocycles. The lowest BCUT2D eigenvalue weighted by atomic mass is 10.2. The Hall–Kier alpha value is -1.42. The van der Waals surface area contributed by atoms with Crippen LogP contribution in [0.15, 0.2) is 18.3 Å². The fourth-order valence-corrected chi connectivity index (χ4v) is 2.04. The minimum atomic E-state index is 0.0184. The topological polar surface area (TPSA) is 42.4 Å². The van der Waals surface area contributed by atoms with Gasteiger partial charge in [-0.2, -0.15) is 0 Å². The Bertz CT molecular complexity index is 391. The van der Waals surface area contributed by atoms with Crippen molar-refractivity contribution in [3.63, 3.8) is 0 Å². The third kappa shape index (κ3) is 4.99. The summed E-state index contributed by atoms with van der Waals surface area (Å²) < 4.78 is 5.61. The largest absolute Gasteiger partial charge is 0.476 e. The zero-order chi connectivity index (χ0) is 14.4. The molecule has 1 heterocycles. The van der Waals surface area contributed by atoms with Crippen LogP contribution in [0.2, 0.25) is 0 Å². The second kappa shape index (κ2) is 7.24. The molecule has 1 aromatic heterocycles. The van der Waals surface area contributed by atoms with E-state index in [2.05, 4.69) is 37.6 Å². The smallest absolute Gasteiger partial charge is 0.213 e. The molecule has 0 aliphatic heterocycles. The highest BCUT2D eigenvalue weighted by molar-refractivity contribution is 5.93. The molecule has 0 amide bonds. The molecule has 106 valence electrons. The predicted octanol–water partition coefficient (Wildman–Crippen LogP) is 2.78. The van der Waals surface area contributed by atoms with Crippen molar-refractivity contribution in [3.8, 4) is 5.88 Å². The molecule has 0 atom stereocenters. The summed E-state index contributed by atoms with van der Waals surface area (Å²) in [5, 5.41) is 0. The van der Waals surface area contributed by atoms with Gasteiger partial charge in [0.25, 0.3) is 0 Å². The molecule has 19 heavy (non-hydrogen) atoms. The summed E-state index contributed by atoms with van der Waals surface area (Å²) >= 11 is 0. The quantitative estimate of drug-likeness (QED) is 0.710. The van der Waals surface area contributed by atoms with Gasteiger partial charge in [0, 0.05) is 36.5 Å². The fraction of sp³-hybridized carbons (Fsp3) is 0.600. The van der Waals surface area contributed by atoms with Crippen LogP contribution in [0.5, 0.6) is 5.88 Å². The van der Waals surface area contributed by atoms with Crippen LogP contribution in [0.25, 0.3) is 0 Å². The van der Waals surface area contributed by atoms with Crippen molar-refractivity contribution in [2.75, 3.05) is 13.2 Å². The maximum absolute atomic E-state index is 11.1. The zero-order valence-corrected chi connectivity index (χ0v) is 12.5. The van der Waals surface area contributed by atoms with Gasteiger partial charge in [-0.3, -0.25) is 9.69 Å². The second-order valence-corrected chi connectivity index (χ2v) is 5.22. The molecule has 0 aliphatic carbocycles. The van der Waals surface area contributed by atoms with Crippen LogP contribution in [0.1, 0.15) is 45.0 Å². The van der Waals surface area contributed by atoms with E-state index in [0.29, 0.717) is 30.1 Å². The summed E-state index contributed by atoms with van der Waals surface area (Å²) in [5.74, 6) is 0.585. The molecular formula is C15H24N2O2. The fourth-order valence-electron chi connectivity index (χ4n) is 2.04. The van der Waals surface area contributed by atoms with Crippen molar-refractivity contribution in [2.45, 2.75) is 46.7 Å². The van der Waals surface area contributed by atoms with Crippen LogP contribution >= 0.6 is 0 Å². The average molecular weight is 264 g/mol. The van der Waals surface area contributed by atoms with Crippen LogP contribution in [-0.2, 0) is 0 Å². The number of nitrogens with zero attached hydrogens (tertiary/aromatic N) is 2. The number of aromatic nitrogens is 1. The normalized spacial score (nSPS) is 11.4. The van der Waals surface area contributed by atoms with E-state index in [9.17, 15) is 4.79 Å². The number of hydrogen-bond donors (Lipinski definition) is 0. The number of ketones is 1. The van der Waals surface area contributed by atoms with Crippen molar-refractivity contribution in [2.24, 2.45) is 0 Å². The molecule has 0 fully saturated rings. The van der Waals surface area contributed by atoms with Gasteiger partial charge in [0.05, 0.1) is 0 Å². The molecule has 0 spiro atoms. The van der Waals surface area contributed by atoms with Gasteiger partial charge in [-0.25, -0.2) is 4.98 Å². The summed E-state index contributed by atoms with van der Waals surface area (Å²) in [6.07, 6.45) is 1.56. The maximum atomic E-state index is 11.1. The highest BCUT2D eigenvalue weighted by Gasteiger charge is 2.12. The number of carbonyl (C=O) groups excluding carboxylic acids is 1. The Balaban J connectivity index is 2.46. The molecule has 4 nitrogen and oxygen atoms in total. The summed E-state index contributed by atoms with van der Waals surface area (Å²) in [7, 11) is 0. The van der Waals surface area contributed by atoms with Crippen molar-refractivity contribution in [1.29, 1.82) is 0 Å². The molecule has 0 aliphatic rings.